The number of hydrogen-bond acceptors (Lipinski definition) is 0. The zero-order valence-electron chi connectivity index (χ0n) is 3.43. The smallest absolute Gasteiger partial charge is 0.0388 e. The van der Waals surface area contributed by atoms with Crippen LogP contribution >= 0.6 is 0 Å². The van der Waals surface area contributed by atoms with Crippen LogP contribution in [0, 0.1) is 41.7 Å². The van der Waals surface area contributed by atoms with Crippen LogP contribution in [-0.4, -0.2) is 34.9 Å². The zero-order chi connectivity index (χ0) is 2.00. The van der Waals surface area contributed by atoms with Crippen LogP contribution in [0.2, 0.25) is 0 Å². The molecular formula is H6AlBCeNbSiTiW. The molecular weight excluding hydrogens is 531 g/mol. The van der Waals surface area contributed by atoms with Gasteiger partial charge in [-0.05, 0) is 10.1 Å². The molecule has 0 nitrogen and oxygen atoms in total. The molecule has 0 aromatic carbocycles. The monoisotopic (exact) mass is 537 g/mol. The van der Waals surface area contributed by atoms with Gasteiger partial charge in [0.1, 0.15) is 0 Å². The van der Waals surface area contributed by atoms with E-state index in [1.54, 1.807) is 0 Å². The molecule has 0 amide bonds. The van der Waals surface area contributed by atoms with Gasteiger partial charge in [-0.2, -0.15) is 0 Å². The van der Waals surface area contributed by atoms with Gasteiger partial charge in [0.2, 0.25) is 0 Å². The van der Waals surface area contributed by atoms with Gasteiger partial charge in [0, 0.05) is 114 Å². The molecule has 0 rings (SSSR count). The molecule has 0 aromatic rings. The Morgan fingerprint density at radius 1 is 1.14 bits per heavy atom. The molecule has 0 bridgehead atoms. The maximum atomic E-state index is 4.64. The molecule has 0 N–H and O–H groups in total. The van der Waals surface area contributed by atoms with Crippen LogP contribution < -0.4 is 0 Å². The van der Waals surface area contributed by atoms with Crippen LogP contribution in [0.15, 0.2) is 0 Å². The summed E-state index contributed by atoms with van der Waals surface area (Å²) in [5.41, 5.74) is 0. The van der Waals surface area contributed by atoms with Crippen LogP contribution in [0.4, 0.5) is 0 Å². The van der Waals surface area contributed by atoms with E-state index >= 15 is 0 Å². The maximum absolute atomic E-state index is 4.64. The van der Waals surface area contributed by atoms with Gasteiger partial charge < -0.3 is 0 Å². The normalized spacial score (nSPS) is 1.14. The second-order valence-corrected chi connectivity index (χ2v) is 0. The van der Waals surface area contributed by atoms with Crippen molar-refractivity contribution in [1.29, 1.82) is 0 Å². The molecule has 0 heterocycles. The van der Waals surface area contributed by atoms with Gasteiger partial charge in [0.25, 0.3) is 0 Å². The van der Waals surface area contributed by atoms with Crippen molar-refractivity contribution < 1.29 is 107 Å². The molecule has 0 saturated carbocycles. The standard InChI is InChI=1S/Al.BH3Si.Ce.Nb.Ti.W.3H/c;1-2;;;;;;;/h;2H3;;;;;;;. The Labute approximate surface area is 138 Å². The number of hydrogen-bond donors (Lipinski definition) is 0. The fourth-order valence-corrected chi connectivity index (χ4v) is 0. The minimum Gasteiger partial charge on any atom is -0.0388 e. The Kier molecular flexibility index (Phi) is 291. The second kappa shape index (κ2) is 47.9. The van der Waals surface area contributed by atoms with Crippen LogP contribution in [0.1, 0.15) is 0 Å². The van der Waals surface area contributed by atoms with Crippen LogP contribution in [0.5, 0.6) is 0 Å². The summed E-state index contributed by atoms with van der Waals surface area (Å²) in [6.45, 7) is 0. The molecule has 7 heavy (non-hydrogen) atoms. The summed E-state index contributed by atoms with van der Waals surface area (Å²) in [6.07, 6.45) is 0. The average molecular weight is 537 g/mol. The minimum absolute atomic E-state index is 0. The van der Waals surface area contributed by atoms with E-state index in [2.05, 4.69) is 7.44 Å². The van der Waals surface area contributed by atoms with Crippen LogP contribution in [0.25, 0.3) is 0 Å². The molecule has 0 aliphatic rings. The van der Waals surface area contributed by atoms with Crippen molar-refractivity contribution in [3.63, 3.8) is 0 Å². The SMILES string of the molecule is [AlH3].[B][SiH3].[Ce].[Nb].[Ti].[W]. The van der Waals surface area contributed by atoms with E-state index in [0.29, 0.717) is 0 Å². The van der Waals surface area contributed by atoms with E-state index in [1.807, 2.05) is 0 Å². The van der Waals surface area contributed by atoms with E-state index in [-0.39, 0.29) is 124 Å². The third-order valence-corrected chi connectivity index (χ3v) is 0. The van der Waals surface area contributed by atoms with Crippen molar-refractivity contribution in [3.8, 4) is 0 Å². The van der Waals surface area contributed by atoms with Gasteiger partial charge in [-0.25, -0.2) is 0 Å². The molecule has 0 aliphatic heterocycles. The van der Waals surface area contributed by atoms with Gasteiger partial charge in [0.05, 0.1) is 0 Å². The Bertz CT molecular complexity index is 19.7. The predicted molar refractivity (Wildman–Crippen MR) is 25.6 cm³/mol. The Balaban J connectivity index is -0.000000000500. The molecule has 0 spiro atoms. The molecule has 35 valence electrons. The predicted octanol–water partition coefficient (Wildman–Crippen LogP) is -2.76. The third kappa shape index (κ3) is 38.2. The van der Waals surface area contributed by atoms with Crippen molar-refractivity contribution in [1.82, 2.24) is 0 Å². The maximum Gasteiger partial charge on any atom is 0.187 e. The van der Waals surface area contributed by atoms with Crippen LogP contribution in [-0.2, 0) is 65.2 Å². The van der Waals surface area contributed by atoms with Gasteiger partial charge in [-0.15, -0.1) is 0 Å². The summed E-state index contributed by atoms with van der Waals surface area (Å²) in [7, 11) is 5.44. The van der Waals surface area contributed by atoms with E-state index in [0.717, 1.165) is 10.1 Å². The minimum atomic E-state index is 0. The first-order valence-corrected chi connectivity index (χ1v) is 1.73. The second-order valence-electron chi connectivity index (χ2n) is 0. The van der Waals surface area contributed by atoms with Gasteiger partial charge in [-0.1, -0.05) is 0 Å². The molecule has 0 aliphatic carbocycles. The van der Waals surface area contributed by atoms with Crippen molar-refractivity contribution in [3.05, 3.63) is 0 Å². The van der Waals surface area contributed by atoms with Crippen molar-refractivity contribution in [2.75, 3.05) is 0 Å². The quantitative estimate of drug-likeness (QED) is 0.295. The largest absolute Gasteiger partial charge is 0.187 e. The zero-order valence-corrected chi connectivity index (χ0v) is 15.3. The first-order chi connectivity index (χ1) is 1.00. The van der Waals surface area contributed by atoms with E-state index in [9.17, 15) is 0 Å². The summed E-state index contributed by atoms with van der Waals surface area (Å²) in [5.74, 6) is 0. The summed E-state index contributed by atoms with van der Waals surface area (Å²) < 4.78 is 0. The fourth-order valence-electron chi connectivity index (χ4n) is 0. The van der Waals surface area contributed by atoms with Gasteiger partial charge in [-0.3, -0.25) is 0 Å². The van der Waals surface area contributed by atoms with Gasteiger partial charge >= 0.3 is 0 Å². The molecule has 0 unspecified atom stereocenters. The van der Waals surface area contributed by atoms with Gasteiger partial charge in [0.15, 0.2) is 17.4 Å². The fraction of sp³-hybridized carbons (Fsp3) is 0. The van der Waals surface area contributed by atoms with E-state index < -0.39 is 0 Å². The van der Waals surface area contributed by atoms with Crippen molar-refractivity contribution in [2.45, 2.75) is 0 Å². The van der Waals surface area contributed by atoms with E-state index in [1.165, 1.54) is 0 Å². The molecule has 0 saturated heterocycles. The molecule has 0 aromatic heterocycles. The Morgan fingerprint density at radius 2 is 1.14 bits per heavy atom. The first-order valence-electron chi connectivity index (χ1n) is 0.577. The molecule has 0 atom stereocenters. The average Bonchev–Trinajstić information content (AvgIpc) is 1.00. The number of rotatable bonds is 0. The summed E-state index contributed by atoms with van der Waals surface area (Å²) >= 11 is 0. The molecule has 3 radical (unpaired) electrons. The Morgan fingerprint density at radius 3 is 1.14 bits per heavy atom. The third-order valence-electron chi connectivity index (χ3n) is 0. The topological polar surface area (TPSA) is 0 Å². The molecule has 0 fully saturated rings. The van der Waals surface area contributed by atoms with E-state index in [4.69, 9.17) is 0 Å². The van der Waals surface area contributed by atoms with Crippen molar-refractivity contribution in [2.24, 2.45) is 0 Å². The van der Waals surface area contributed by atoms with Crippen LogP contribution in [0.3, 0.4) is 0 Å². The molecule has 7 heteroatoms. The summed E-state index contributed by atoms with van der Waals surface area (Å²) in [4.78, 5) is 0. The van der Waals surface area contributed by atoms with Crippen molar-refractivity contribution >= 4 is 34.9 Å². The summed E-state index contributed by atoms with van der Waals surface area (Å²) in [5, 5.41) is 0. The first kappa shape index (κ1) is 42.5. The Hall–Kier alpha value is 4.33. The summed E-state index contributed by atoms with van der Waals surface area (Å²) in [6, 6.07) is 0.